The maximum absolute atomic E-state index is 12.5. The van der Waals surface area contributed by atoms with Crippen molar-refractivity contribution in [3.8, 4) is 0 Å². The van der Waals surface area contributed by atoms with Gasteiger partial charge in [0.25, 0.3) is 11.8 Å². The van der Waals surface area contributed by atoms with Crippen LogP contribution in [0.5, 0.6) is 0 Å². The number of hydrogen-bond donors (Lipinski definition) is 1. The Kier molecular flexibility index (Phi) is 5.40. The zero-order valence-electron chi connectivity index (χ0n) is 16.1. The van der Waals surface area contributed by atoms with E-state index in [0.29, 0.717) is 5.06 Å². The molecule has 4 rings (SSSR count). The highest BCUT2D eigenvalue weighted by Gasteiger charge is 2.38. The highest BCUT2D eigenvalue weighted by Crippen LogP contribution is 2.24. The second-order valence-corrected chi connectivity index (χ2v) is 8.97. The van der Waals surface area contributed by atoms with Crippen molar-refractivity contribution in [2.24, 2.45) is 0 Å². The van der Waals surface area contributed by atoms with E-state index in [2.05, 4.69) is 4.72 Å². The van der Waals surface area contributed by atoms with E-state index in [1.807, 2.05) is 6.07 Å². The molecule has 0 saturated carbocycles. The van der Waals surface area contributed by atoms with Crippen LogP contribution in [0.3, 0.4) is 0 Å². The fourth-order valence-corrected chi connectivity index (χ4v) is 4.73. The molecule has 156 valence electrons. The van der Waals surface area contributed by atoms with Crippen LogP contribution in [0.25, 0.3) is 0 Å². The number of carbonyl (C=O) groups is 3. The topological polar surface area (TPSA) is 110 Å². The van der Waals surface area contributed by atoms with Gasteiger partial charge in [-0.05, 0) is 61.1 Å². The number of hydrogen-bond acceptors (Lipinski definition) is 6. The van der Waals surface area contributed by atoms with Gasteiger partial charge >= 0.3 is 5.97 Å². The molecule has 9 heteroatoms. The lowest BCUT2D eigenvalue weighted by molar-refractivity contribution is -0.168. The molecular formula is C21H20N2O6S. The van der Waals surface area contributed by atoms with E-state index in [1.54, 1.807) is 24.3 Å². The first kappa shape index (κ1) is 20.2. The largest absolute Gasteiger partial charge is 0.334 e. The van der Waals surface area contributed by atoms with Crippen molar-refractivity contribution in [1.29, 1.82) is 0 Å². The zero-order chi connectivity index (χ0) is 21.3. The maximum atomic E-state index is 12.5. The van der Waals surface area contributed by atoms with Crippen LogP contribution in [0.4, 0.5) is 0 Å². The summed E-state index contributed by atoms with van der Waals surface area (Å²) in [5.74, 6) is -2.34. The molecule has 0 bridgehead atoms. The van der Waals surface area contributed by atoms with Gasteiger partial charge in [-0.15, -0.1) is 0 Å². The third-order valence-electron chi connectivity index (χ3n) is 5.20. The number of benzene rings is 2. The summed E-state index contributed by atoms with van der Waals surface area (Å²) in [4.78, 5) is 41.5. The van der Waals surface area contributed by atoms with Gasteiger partial charge in [-0.3, -0.25) is 9.59 Å². The van der Waals surface area contributed by atoms with Crippen LogP contribution in [0.2, 0.25) is 0 Å². The molecule has 2 aromatic carbocycles. The van der Waals surface area contributed by atoms with E-state index in [1.165, 1.54) is 17.7 Å². The number of amides is 2. The molecule has 0 aromatic heterocycles. The van der Waals surface area contributed by atoms with Gasteiger partial charge in [-0.1, -0.05) is 23.3 Å². The predicted molar refractivity (Wildman–Crippen MR) is 106 cm³/mol. The molecule has 0 spiro atoms. The van der Waals surface area contributed by atoms with Crippen LogP contribution >= 0.6 is 0 Å². The van der Waals surface area contributed by atoms with Crippen molar-refractivity contribution in [3.63, 3.8) is 0 Å². The van der Waals surface area contributed by atoms with Crippen LogP contribution < -0.4 is 4.72 Å². The number of carbonyl (C=O) groups excluding carboxylic acids is 3. The highest BCUT2D eigenvalue weighted by atomic mass is 32.2. The van der Waals surface area contributed by atoms with E-state index < -0.39 is 27.8 Å². The quantitative estimate of drug-likeness (QED) is 0.705. The molecule has 0 radical (unpaired) electrons. The van der Waals surface area contributed by atoms with Gasteiger partial charge in [0.2, 0.25) is 10.0 Å². The summed E-state index contributed by atoms with van der Waals surface area (Å²) in [6, 6.07) is 11.2. The standard InChI is InChI=1S/C21H20N2O6S/c24-19(29-23-20(25)17-7-3-4-8-18(17)21(23)26)11-12-22-30(27,28)16-10-9-14-5-1-2-6-15(14)13-16/h3-4,7-10,13,22H,1-2,5-6,11-12H2. The molecule has 0 fully saturated rings. The average molecular weight is 428 g/mol. The number of fused-ring (bicyclic) bond motifs is 2. The first-order valence-corrected chi connectivity index (χ1v) is 11.2. The minimum Gasteiger partial charge on any atom is -0.330 e. The number of nitrogens with zero attached hydrogens (tertiary/aromatic N) is 1. The summed E-state index contributed by atoms with van der Waals surface area (Å²) in [5.41, 5.74) is 2.52. The average Bonchev–Trinajstić information content (AvgIpc) is 2.98. The van der Waals surface area contributed by atoms with E-state index in [9.17, 15) is 22.8 Å². The predicted octanol–water partition coefficient (Wildman–Crippen LogP) is 1.99. The molecule has 8 nitrogen and oxygen atoms in total. The SMILES string of the molecule is O=C(CCNS(=O)(=O)c1ccc2c(c1)CCCC2)ON1C(=O)c2ccccc2C1=O. The van der Waals surface area contributed by atoms with Crippen molar-refractivity contribution in [1.82, 2.24) is 9.79 Å². The van der Waals surface area contributed by atoms with Crippen LogP contribution in [0.1, 0.15) is 51.1 Å². The van der Waals surface area contributed by atoms with Crippen molar-refractivity contribution in [2.45, 2.75) is 37.0 Å². The van der Waals surface area contributed by atoms with Gasteiger partial charge in [-0.25, -0.2) is 17.9 Å². The number of hydroxylamine groups is 2. The fraction of sp³-hybridized carbons (Fsp3) is 0.286. The summed E-state index contributed by atoms with van der Waals surface area (Å²) < 4.78 is 27.4. The van der Waals surface area contributed by atoms with E-state index in [4.69, 9.17) is 4.84 Å². The monoisotopic (exact) mass is 428 g/mol. The summed E-state index contributed by atoms with van der Waals surface area (Å²) >= 11 is 0. The Hall–Kier alpha value is -3.04. The van der Waals surface area contributed by atoms with Crippen LogP contribution in [-0.4, -0.2) is 37.8 Å². The normalized spacial score (nSPS) is 15.7. The molecule has 2 aromatic rings. The van der Waals surface area contributed by atoms with Gasteiger partial charge in [-0.2, -0.15) is 0 Å². The number of sulfonamides is 1. The molecule has 0 saturated heterocycles. The zero-order valence-corrected chi connectivity index (χ0v) is 16.9. The molecule has 30 heavy (non-hydrogen) atoms. The molecule has 1 aliphatic heterocycles. The summed E-state index contributed by atoms with van der Waals surface area (Å²) in [7, 11) is -3.79. The second-order valence-electron chi connectivity index (χ2n) is 7.20. The number of rotatable bonds is 6. The second kappa shape index (κ2) is 8.00. The number of nitrogens with one attached hydrogen (secondary N) is 1. The first-order chi connectivity index (χ1) is 14.4. The smallest absolute Gasteiger partial charge is 0.330 e. The lowest BCUT2D eigenvalue weighted by atomic mass is 9.92. The van der Waals surface area contributed by atoms with Crippen molar-refractivity contribution in [2.75, 3.05) is 6.54 Å². The Morgan fingerprint density at radius 2 is 1.60 bits per heavy atom. The van der Waals surface area contributed by atoms with Crippen molar-refractivity contribution >= 4 is 27.8 Å². The van der Waals surface area contributed by atoms with Gasteiger partial charge in [0, 0.05) is 6.54 Å². The van der Waals surface area contributed by atoms with Crippen molar-refractivity contribution in [3.05, 3.63) is 64.7 Å². The van der Waals surface area contributed by atoms with Crippen LogP contribution in [0, 0.1) is 0 Å². The Balaban J connectivity index is 1.34. The minimum absolute atomic E-state index is 0.150. The Labute approximate surface area is 173 Å². The van der Waals surface area contributed by atoms with Crippen LogP contribution in [0.15, 0.2) is 47.4 Å². The van der Waals surface area contributed by atoms with Gasteiger partial charge < -0.3 is 4.84 Å². The molecule has 1 heterocycles. The Morgan fingerprint density at radius 1 is 0.967 bits per heavy atom. The summed E-state index contributed by atoms with van der Waals surface area (Å²) in [5, 5.41) is 0.408. The summed E-state index contributed by atoms with van der Waals surface area (Å²) in [6.45, 7) is -0.221. The lowest BCUT2D eigenvalue weighted by Gasteiger charge is -2.17. The van der Waals surface area contributed by atoms with Gasteiger partial charge in [0.15, 0.2) is 0 Å². The molecule has 1 N–H and O–H groups in total. The van der Waals surface area contributed by atoms with E-state index >= 15 is 0 Å². The third-order valence-corrected chi connectivity index (χ3v) is 6.66. The molecule has 0 atom stereocenters. The first-order valence-electron chi connectivity index (χ1n) is 9.67. The fourth-order valence-electron chi connectivity index (χ4n) is 3.65. The minimum atomic E-state index is -3.79. The molecule has 2 aliphatic rings. The molecule has 1 aliphatic carbocycles. The molecule has 2 amide bonds. The van der Waals surface area contributed by atoms with E-state index in [-0.39, 0.29) is 29.0 Å². The van der Waals surface area contributed by atoms with Gasteiger partial charge in [0.1, 0.15) is 0 Å². The molecule has 0 unspecified atom stereocenters. The van der Waals surface area contributed by atoms with Gasteiger partial charge in [0.05, 0.1) is 22.4 Å². The van der Waals surface area contributed by atoms with E-state index in [0.717, 1.165) is 31.2 Å². The Bertz CT molecular complexity index is 1110. The number of imide groups is 1. The highest BCUT2D eigenvalue weighted by molar-refractivity contribution is 7.89. The maximum Gasteiger partial charge on any atom is 0.334 e. The van der Waals surface area contributed by atoms with Crippen molar-refractivity contribution < 1.29 is 27.6 Å². The lowest BCUT2D eigenvalue weighted by Crippen LogP contribution is -2.34. The number of aryl methyl sites for hydroxylation is 2. The third kappa shape index (κ3) is 3.86. The Morgan fingerprint density at radius 3 is 2.27 bits per heavy atom. The molecular weight excluding hydrogens is 408 g/mol. The van der Waals surface area contributed by atoms with Crippen LogP contribution in [-0.2, 0) is 32.5 Å². The summed E-state index contributed by atoms with van der Waals surface area (Å²) in [6.07, 6.45) is 3.61.